The van der Waals surface area contributed by atoms with Crippen molar-refractivity contribution < 1.29 is 18.3 Å². The van der Waals surface area contributed by atoms with Gasteiger partial charge in [-0.15, -0.1) is 0 Å². The van der Waals surface area contributed by atoms with Crippen molar-refractivity contribution in [1.82, 2.24) is 4.31 Å². The van der Waals surface area contributed by atoms with Gasteiger partial charge in [-0.2, -0.15) is 4.31 Å². The number of carboxylic acids is 1. The molecular formula is C24H18Cl3NO4S. The van der Waals surface area contributed by atoms with Gasteiger partial charge in [0, 0.05) is 15.1 Å². The zero-order valence-corrected chi connectivity index (χ0v) is 20.1. The second-order valence-corrected chi connectivity index (χ2v) is 10.7. The molecule has 0 saturated heterocycles. The van der Waals surface area contributed by atoms with E-state index in [2.05, 4.69) is 0 Å². The zero-order chi connectivity index (χ0) is 23.8. The molecule has 33 heavy (non-hydrogen) atoms. The van der Waals surface area contributed by atoms with Gasteiger partial charge in [0.25, 0.3) is 0 Å². The maximum Gasteiger partial charge on any atom is 0.333 e. The van der Waals surface area contributed by atoms with Crippen LogP contribution in [0, 0.1) is 0 Å². The van der Waals surface area contributed by atoms with Gasteiger partial charge in [0.15, 0.2) is 0 Å². The molecule has 170 valence electrons. The number of rotatable bonds is 5. The Balaban J connectivity index is 1.98. The van der Waals surface area contributed by atoms with Crippen molar-refractivity contribution in [3.8, 4) is 0 Å². The topological polar surface area (TPSA) is 74.7 Å². The van der Waals surface area contributed by atoms with Crippen LogP contribution in [0.15, 0.2) is 89.3 Å². The molecule has 2 atom stereocenters. The van der Waals surface area contributed by atoms with E-state index in [4.69, 9.17) is 34.8 Å². The molecule has 9 heteroatoms. The highest BCUT2D eigenvalue weighted by molar-refractivity contribution is 7.89. The van der Waals surface area contributed by atoms with Gasteiger partial charge in [0.1, 0.15) is 0 Å². The lowest BCUT2D eigenvalue weighted by molar-refractivity contribution is -0.133. The quantitative estimate of drug-likeness (QED) is 0.413. The number of nitrogens with zero attached hydrogens (tertiary/aromatic N) is 1. The van der Waals surface area contributed by atoms with E-state index in [1.165, 1.54) is 28.6 Å². The number of halogens is 3. The van der Waals surface area contributed by atoms with E-state index < -0.39 is 28.1 Å². The summed E-state index contributed by atoms with van der Waals surface area (Å²) in [6.45, 7) is 0. The first kappa shape index (κ1) is 23.8. The van der Waals surface area contributed by atoms with E-state index in [1.54, 1.807) is 54.6 Å². The second-order valence-electron chi connectivity index (χ2n) is 7.52. The minimum atomic E-state index is -4.18. The van der Waals surface area contributed by atoms with Crippen LogP contribution in [-0.4, -0.2) is 23.8 Å². The van der Waals surface area contributed by atoms with Gasteiger partial charge < -0.3 is 5.11 Å². The number of benzene rings is 3. The molecule has 0 radical (unpaired) electrons. The summed E-state index contributed by atoms with van der Waals surface area (Å²) in [5.74, 6) is -1.21. The van der Waals surface area contributed by atoms with Crippen LogP contribution in [0.2, 0.25) is 15.1 Å². The fourth-order valence-electron chi connectivity index (χ4n) is 4.01. The Morgan fingerprint density at radius 2 is 1.42 bits per heavy atom. The first-order valence-corrected chi connectivity index (χ1v) is 12.5. The summed E-state index contributed by atoms with van der Waals surface area (Å²) in [6, 6.07) is 17.4. The predicted octanol–water partition coefficient (Wildman–Crippen LogP) is 6.53. The van der Waals surface area contributed by atoms with Crippen LogP contribution in [0.25, 0.3) is 0 Å². The van der Waals surface area contributed by atoms with Crippen molar-refractivity contribution in [3.63, 3.8) is 0 Å². The summed E-state index contributed by atoms with van der Waals surface area (Å²) >= 11 is 18.4. The molecule has 1 N–H and O–H groups in total. The molecule has 0 amide bonds. The summed E-state index contributed by atoms with van der Waals surface area (Å²) in [4.78, 5) is 12.2. The lowest BCUT2D eigenvalue weighted by Crippen LogP contribution is -2.42. The van der Waals surface area contributed by atoms with Crippen molar-refractivity contribution in [1.29, 1.82) is 0 Å². The number of aliphatic carboxylic acids is 1. The normalized spacial score (nSPS) is 19.2. The van der Waals surface area contributed by atoms with Crippen LogP contribution in [0.4, 0.5) is 0 Å². The number of sulfonamides is 1. The average molecular weight is 523 g/mol. The monoisotopic (exact) mass is 521 g/mol. The fraction of sp³-hybridized carbons (Fsp3) is 0.125. The third-order valence-electron chi connectivity index (χ3n) is 5.45. The molecule has 1 heterocycles. The van der Waals surface area contributed by atoms with Crippen molar-refractivity contribution >= 4 is 50.8 Å². The van der Waals surface area contributed by atoms with Gasteiger partial charge in [-0.25, -0.2) is 13.2 Å². The van der Waals surface area contributed by atoms with Crippen LogP contribution in [0.5, 0.6) is 0 Å². The zero-order valence-electron chi connectivity index (χ0n) is 17.0. The summed E-state index contributed by atoms with van der Waals surface area (Å²) in [5, 5.41) is 11.2. The van der Waals surface area contributed by atoms with Crippen LogP contribution in [0.1, 0.15) is 29.6 Å². The molecule has 1 unspecified atom stereocenters. The molecule has 1 aliphatic rings. The first-order chi connectivity index (χ1) is 15.7. The van der Waals surface area contributed by atoms with Gasteiger partial charge in [0.2, 0.25) is 10.0 Å². The Morgan fingerprint density at radius 1 is 0.848 bits per heavy atom. The molecule has 4 rings (SSSR count). The Hall–Kier alpha value is -2.35. The predicted molar refractivity (Wildman–Crippen MR) is 129 cm³/mol. The van der Waals surface area contributed by atoms with Gasteiger partial charge in [-0.05, 0) is 66.1 Å². The fourth-order valence-corrected chi connectivity index (χ4v) is 6.31. The number of hydrogen-bond acceptors (Lipinski definition) is 3. The Labute approximate surface area is 206 Å². The SMILES string of the molecule is O=C(O)C1=CCC(c2cccc(Cl)c2)N(S(=O)(=O)c2ccc(Cl)cc2)[C@H]1c1cccc(Cl)c1. The Kier molecular flexibility index (Phi) is 6.84. The van der Waals surface area contributed by atoms with E-state index in [-0.39, 0.29) is 16.9 Å². The van der Waals surface area contributed by atoms with Gasteiger partial charge >= 0.3 is 5.97 Å². The molecule has 0 spiro atoms. The number of hydrogen-bond donors (Lipinski definition) is 1. The molecular weight excluding hydrogens is 505 g/mol. The molecule has 0 bridgehead atoms. The average Bonchev–Trinajstić information content (AvgIpc) is 2.78. The number of carboxylic acid groups (broad SMARTS) is 1. The molecule has 3 aromatic rings. The van der Waals surface area contributed by atoms with Crippen LogP contribution < -0.4 is 0 Å². The summed E-state index contributed by atoms with van der Waals surface area (Å²) in [5.41, 5.74) is 1.04. The first-order valence-electron chi connectivity index (χ1n) is 9.92. The van der Waals surface area contributed by atoms with Crippen molar-refractivity contribution in [2.24, 2.45) is 0 Å². The van der Waals surface area contributed by atoms with E-state index in [1.807, 2.05) is 0 Å². The van der Waals surface area contributed by atoms with E-state index >= 15 is 0 Å². The molecule has 3 aromatic carbocycles. The van der Waals surface area contributed by atoms with E-state index in [9.17, 15) is 18.3 Å². The van der Waals surface area contributed by atoms with Crippen LogP contribution in [0.3, 0.4) is 0 Å². The molecule has 1 aliphatic heterocycles. The van der Waals surface area contributed by atoms with Crippen molar-refractivity contribution in [3.05, 3.63) is 111 Å². The molecule has 0 aliphatic carbocycles. The Bertz CT molecular complexity index is 1340. The highest BCUT2D eigenvalue weighted by Crippen LogP contribution is 2.46. The largest absolute Gasteiger partial charge is 0.478 e. The summed E-state index contributed by atoms with van der Waals surface area (Å²) in [7, 11) is -4.18. The number of carbonyl (C=O) groups is 1. The second kappa shape index (κ2) is 9.49. The lowest BCUT2D eigenvalue weighted by atomic mass is 9.89. The molecule has 0 aromatic heterocycles. The van der Waals surface area contributed by atoms with E-state index in [0.29, 0.717) is 26.2 Å². The smallest absolute Gasteiger partial charge is 0.333 e. The maximum absolute atomic E-state index is 14.0. The van der Waals surface area contributed by atoms with Gasteiger partial charge in [-0.1, -0.05) is 65.1 Å². The molecule has 0 fully saturated rings. The third-order valence-corrected chi connectivity index (χ3v) is 8.06. The third kappa shape index (κ3) is 4.81. The standard InChI is InChI=1S/C24H18Cl3NO4S/c25-17-7-9-20(10-8-17)33(31,32)28-22(15-3-1-5-18(26)13-15)12-11-21(24(29)30)23(28)16-4-2-6-19(27)14-16/h1-11,13-14,22-23H,12H2,(H,29,30)/t22?,23-/m0/s1. The summed E-state index contributed by atoms with van der Waals surface area (Å²) in [6.07, 6.45) is 1.72. The molecule has 0 saturated carbocycles. The van der Waals surface area contributed by atoms with Crippen LogP contribution >= 0.6 is 34.8 Å². The highest BCUT2D eigenvalue weighted by atomic mass is 35.5. The highest BCUT2D eigenvalue weighted by Gasteiger charge is 2.44. The molecule has 5 nitrogen and oxygen atoms in total. The van der Waals surface area contributed by atoms with Crippen LogP contribution in [-0.2, 0) is 14.8 Å². The van der Waals surface area contributed by atoms with Gasteiger partial charge in [-0.3, -0.25) is 0 Å². The lowest BCUT2D eigenvalue weighted by Gasteiger charge is -2.40. The maximum atomic E-state index is 14.0. The van der Waals surface area contributed by atoms with Gasteiger partial charge in [0.05, 0.1) is 22.6 Å². The minimum Gasteiger partial charge on any atom is -0.478 e. The minimum absolute atomic E-state index is 0.00223. The van der Waals surface area contributed by atoms with Crippen molar-refractivity contribution in [2.45, 2.75) is 23.4 Å². The van der Waals surface area contributed by atoms with E-state index in [0.717, 1.165) is 0 Å². The van der Waals surface area contributed by atoms with Crippen molar-refractivity contribution in [2.75, 3.05) is 0 Å². The Morgan fingerprint density at radius 3 is 2.00 bits per heavy atom. The summed E-state index contributed by atoms with van der Waals surface area (Å²) < 4.78 is 29.2.